The maximum Gasteiger partial charge on any atom is 0.330 e. The maximum absolute atomic E-state index is 13.4. The van der Waals surface area contributed by atoms with Gasteiger partial charge in [-0.15, -0.1) is 11.8 Å². The molecule has 7 heteroatoms. The minimum absolute atomic E-state index is 0.121. The number of methoxy groups -OCH3 is 1. The number of carbonyl (C=O) groups is 2. The fourth-order valence-corrected chi connectivity index (χ4v) is 5.61. The van der Waals surface area contributed by atoms with Gasteiger partial charge >= 0.3 is 5.97 Å². The van der Waals surface area contributed by atoms with Crippen LogP contribution in [-0.2, 0) is 9.59 Å². The zero-order valence-electron chi connectivity index (χ0n) is 16.7. The van der Waals surface area contributed by atoms with E-state index in [0.29, 0.717) is 18.1 Å². The summed E-state index contributed by atoms with van der Waals surface area (Å²) in [6, 6.07) is 11.8. The Morgan fingerprint density at radius 1 is 1.24 bits per heavy atom. The minimum atomic E-state index is -1.11. The summed E-state index contributed by atoms with van der Waals surface area (Å²) in [4.78, 5) is 27.1. The quantitative estimate of drug-likeness (QED) is 0.431. The summed E-state index contributed by atoms with van der Waals surface area (Å²) in [5.41, 5.74) is -0.216. The van der Waals surface area contributed by atoms with Crippen molar-refractivity contribution in [2.45, 2.75) is 37.6 Å². The average molecular weight is 480 g/mol. The molecule has 29 heavy (non-hydrogen) atoms. The molecule has 0 bridgehead atoms. The average Bonchev–Trinajstić information content (AvgIpc) is 3.17. The highest BCUT2D eigenvalue weighted by Crippen LogP contribution is 2.38. The summed E-state index contributed by atoms with van der Waals surface area (Å²) in [5, 5.41) is 12.9. The van der Waals surface area contributed by atoms with Crippen molar-refractivity contribution in [3.8, 4) is 5.75 Å². The Morgan fingerprint density at radius 2 is 1.97 bits per heavy atom. The smallest absolute Gasteiger partial charge is 0.330 e. The highest BCUT2D eigenvalue weighted by atomic mass is 79.9. The number of fused-ring (bicyclic) bond motifs is 1. The van der Waals surface area contributed by atoms with Crippen molar-refractivity contribution in [3.05, 3.63) is 42.0 Å². The van der Waals surface area contributed by atoms with Crippen LogP contribution in [0.3, 0.4) is 0 Å². The first kappa shape index (κ1) is 22.0. The van der Waals surface area contributed by atoms with Gasteiger partial charge in [0.05, 0.1) is 18.9 Å². The zero-order chi connectivity index (χ0) is 21.0. The number of amides is 1. The van der Waals surface area contributed by atoms with Crippen LogP contribution in [0.1, 0.15) is 37.7 Å². The number of aliphatic carboxylic acids is 1. The third-order valence-electron chi connectivity index (χ3n) is 5.66. The number of hydrogen-bond acceptors (Lipinski definition) is 4. The van der Waals surface area contributed by atoms with Crippen LogP contribution in [0.5, 0.6) is 5.75 Å². The molecule has 156 valence electrons. The Balaban J connectivity index is 1.86. The Labute approximate surface area is 183 Å². The maximum atomic E-state index is 13.4. The molecule has 0 aromatic heterocycles. The summed E-state index contributed by atoms with van der Waals surface area (Å²) in [7, 11) is 1.64. The number of alkyl halides is 1. The van der Waals surface area contributed by atoms with Crippen molar-refractivity contribution >= 4 is 50.3 Å². The zero-order valence-corrected chi connectivity index (χ0v) is 19.1. The number of carboxylic acid groups (broad SMARTS) is 1. The van der Waals surface area contributed by atoms with E-state index in [0.717, 1.165) is 40.3 Å². The molecule has 2 atom stereocenters. The summed E-state index contributed by atoms with van der Waals surface area (Å²) in [6.45, 7) is 1.86. The van der Waals surface area contributed by atoms with E-state index in [9.17, 15) is 14.7 Å². The fraction of sp³-hybridized carbons (Fsp3) is 0.455. The first-order chi connectivity index (χ1) is 13.9. The van der Waals surface area contributed by atoms with Crippen LogP contribution in [0.15, 0.2) is 36.4 Å². The first-order valence-corrected chi connectivity index (χ1v) is 12.0. The number of carboxylic acids is 1. The van der Waals surface area contributed by atoms with Crippen molar-refractivity contribution in [1.29, 1.82) is 0 Å². The lowest BCUT2D eigenvalue weighted by atomic mass is 9.90. The molecule has 1 aliphatic rings. The molecule has 1 aliphatic heterocycles. The van der Waals surface area contributed by atoms with E-state index >= 15 is 0 Å². The van der Waals surface area contributed by atoms with Gasteiger partial charge in [-0.3, -0.25) is 4.79 Å². The molecule has 1 amide bonds. The number of carbonyl (C=O) groups excluding carboxylic acids is 1. The molecule has 1 heterocycles. The lowest BCUT2D eigenvalue weighted by Crippen LogP contribution is -2.55. The van der Waals surface area contributed by atoms with Gasteiger partial charge in [-0.05, 0) is 54.7 Å². The molecule has 0 saturated carbocycles. The van der Waals surface area contributed by atoms with Crippen LogP contribution in [0.2, 0.25) is 0 Å². The van der Waals surface area contributed by atoms with Gasteiger partial charge in [0.25, 0.3) is 0 Å². The fourth-order valence-electron chi connectivity index (χ4n) is 3.80. The number of benzene rings is 2. The molecular weight excluding hydrogens is 454 g/mol. The molecule has 2 aromatic rings. The Bertz CT molecular complexity index is 906. The topological polar surface area (TPSA) is 66.8 Å². The van der Waals surface area contributed by atoms with E-state index in [1.807, 2.05) is 43.3 Å². The van der Waals surface area contributed by atoms with Gasteiger partial charge in [0.2, 0.25) is 5.91 Å². The molecular formula is C22H26BrNO4S. The normalized spacial score (nSPS) is 20.0. The Morgan fingerprint density at radius 3 is 2.66 bits per heavy atom. The van der Waals surface area contributed by atoms with Crippen LogP contribution < -0.4 is 4.74 Å². The van der Waals surface area contributed by atoms with Crippen LogP contribution in [0.4, 0.5) is 0 Å². The van der Waals surface area contributed by atoms with Crippen molar-refractivity contribution in [3.63, 3.8) is 0 Å². The molecule has 2 unspecified atom stereocenters. The number of hydrogen-bond donors (Lipinski definition) is 1. The van der Waals surface area contributed by atoms with Gasteiger partial charge in [-0.1, -0.05) is 40.2 Å². The van der Waals surface area contributed by atoms with E-state index in [-0.39, 0.29) is 5.91 Å². The van der Waals surface area contributed by atoms with E-state index in [2.05, 4.69) is 15.9 Å². The number of thioether (sulfide) groups is 1. The van der Waals surface area contributed by atoms with Crippen LogP contribution in [0, 0.1) is 0 Å². The number of unbranched alkanes of at least 4 members (excludes halogenated alkanes) is 1. The Hall–Kier alpha value is -1.73. The van der Waals surface area contributed by atoms with E-state index in [1.54, 1.807) is 12.0 Å². The summed E-state index contributed by atoms with van der Waals surface area (Å²) in [6.07, 6.45) is 2.15. The first-order valence-electron chi connectivity index (χ1n) is 9.69. The van der Waals surface area contributed by atoms with Crippen molar-refractivity contribution < 1.29 is 19.4 Å². The predicted molar refractivity (Wildman–Crippen MR) is 121 cm³/mol. The van der Waals surface area contributed by atoms with Gasteiger partial charge in [0, 0.05) is 11.1 Å². The second-order valence-corrected chi connectivity index (χ2v) is 9.17. The molecule has 0 aliphatic carbocycles. The van der Waals surface area contributed by atoms with E-state index < -0.39 is 17.4 Å². The van der Waals surface area contributed by atoms with Gasteiger partial charge in [-0.25, -0.2) is 4.79 Å². The highest BCUT2D eigenvalue weighted by Gasteiger charge is 2.50. The minimum Gasteiger partial charge on any atom is -0.497 e. The van der Waals surface area contributed by atoms with Crippen molar-refractivity contribution in [2.75, 3.05) is 24.1 Å². The summed E-state index contributed by atoms with van der Waals surface area (Å²) < 4.78 is 5.27. The SMILES string of the molecule is COc1ccc2cc(C(C)C(=O)N3CSCC3(CCCCBr)C(=O)O)ccc2c1. The molecule has 1 N–H and O–H groups in total. The molecule has 1 fully saturated rings. The second-order valence-electron chi connectivity index (χ2n) is 7.42. The standard InChI is InChI=1S/C22H26BrNO4S/c1-15(16-5-6-18-12-19(28-2)8-7-17(18)11-16)20(25)24-14-29-13-22(24,21(26)27)9-3-4-10-23/h5-8,11-12,15H,3-4,9-10,13-14H2,1-2H3,(H,26,27). The largest absolute Gasteiger partial charge is 0.497 e. The van der Waals surface area contributed by atoms with Crippen molar-refractivity contribution in [2.24, 2.45) is 0 Å². The lowest BCUT2D eigenvalue weighted by molar-refractivity contribution is -0.156. The molecule has 3 rings (SSSR count). The van der Waals surface area contributed by atoms with Crippen LogP contribution in [-0.4, -0.2) is 51.5 Å². The number of nitrogens with zero attached hydrogens (tertiary/aromatic N) is 1. The third-order valence-corrected chi connectivity index (χ3v) is 7.34. The van der Waals surface area contributed by atoms with Gasteiger partial charge < -0.3 is 14.7 Å². The third kappa shape index (κ3) is 4.40. The van der Waals surface area contributed by atoms with Crippen LogP contribution >= 0.6 is 27.7 Å². The van der Waals surface area contributed by atoms with Gasteiger partial charge in [0.15, 0.2) is 0 Å². The number of rotatable bonds is 8. The van der Waals surface area contributed by atoms with Gasteiger partial charge in [-0.2, -0.15) is 0 Å². The monoisotopic (exact) mass is 479 g/mol. The number of halogens is 1. The Kier molecular flexibility index (Phi) is 7.11. The lowest BCUT2D eigenvalue weighted by Gasteiger charge is -2.35. The summed E-state index contributed by atoms with van der Waals surface area (Å²) >= 11 is 4.92. The summed E-state index contributed by atoms with van der Waals surface area (Å²) in [5.74, 6) is 0.232. The molecule has 1 saturated heterocycles. The molecule has 5 nitrogen and oxygen atoms in total. The highest BCUT2D eigenvalue weighted by molar-refractivity contribution is 9.09. The second kappa shape index (κ2) is 9.39. The predicted octanol–water partition coefficient (Wildman–Crippen LogP) is 4.87. The van der Waals surface area contributed by atoms with E-state index in [1.165, 1.54) is 11.8 Å². The molecule has 0 radical (unpaired) electrons. The van der Waals surface area contributed by atoms with Crippen LogP contribution in [0.25, 0.3) is 10.8 Å². The number of ether oxygens (including phenoxy) is 1. The van der Waals surface area contributed by atoms with E-state index in [4.69, 9.17) is 4.74 Å². The van der Waals surface area contributed by atoms with Gasteiger partial charge in [0.1, 0.15) is 11.3 Å². The van der Waals surface area contributed by atoms with Crippen molar-refractivity contribution in [1.82, 2.24) is 4.90 Å². The molecule has 2 aromatic carbocycles. The molecule has 0 spiro atoms.